The minimum absolute atomic E-state index is 0.0358. The second-order valence-electron chi connectivity index (χ2n) is 7.88. The summed E-state index contributed by atoms with van der Waals surface area (Å²) in [6, 6.07) is 15.6. The molecule has 0 saturated heterocycles. The molecule has 0 amide bonds. The van der Waals surface area contributed by atoms with E-state index in [0.717, 1.165) is 10.5 Å². The molecule has 0 N–H and O–H groups in total. The van der Waals surface area contributed by atoms with Crippen molar-refractivity contribution >= 4 is 40.5 Å². The van der Waals surface area contributed by atoms with Gasteiger partial charge in [-0.15, -0.1) is 23.1 Å². The molecular formula is C24H23N3O2S2. The third-order valence-corrected chi connectivity index (χ3v) is 6.59. The van der Waals surface area contributed by atoms with E-state index in [1.54, 1.807) is 55.6 Å². The van der Waals surface area contributed by atoms with E-state index in [9.17, 15) is 14.9 Å². The first-order valence-electron chi connectivity index (χ1n) is 9.79. The van der Waals surface area contributed by atoms with Gasteiger partial charge in [0.05, 0.1) is 4.53 Å². The SMILES string of the molecule is CC(C)(C)C(=O)C(C#N)=c1sc(=Cc2ccncc2)c(=O)n1CCSc1ccccc1. The van der Waals surface area contributed by atoms with Crippen LogP contribution in [-0.2, 0) is 11.3 Å². The summed E-state index contributed by atoms with van der Waals surface area (Å²) in [6.07, 6.45) is 5.09. The van der Waals surface area contributed by atoms with E-state index in [-0.39, 0.29) is 16.9 Å². The lowest BCUT2D eigenvalue weighted by atomic mass is 9.87. The maximum Gasteiger partial charge on any atom is 0.269 e. The minimum atomic E-state index is -0.719. The molecule has 158 valence electrons. The molecule has 0 atom stereocenters. The van der Waals surface area contributed by atoms with Gasteiger partial charge in [0.2, 0.25) is 0 Å². The van der Waals surface area contributed by atoms with Crippen molar-refractivity contribution < 1.29 is 4.79 Å². The number of aromatic nitrogens is 2. The van der Waals surface area contributed by atoms with Crippen LogP contribution in [0.15, 0.2) is 64.5 Å². The highest BCUT2D eigenvalue weighted by atomic mass is 32.2. The molecule has 0 fully saturated rings. The number of rotatable bonds is 6. The lowest BCUT2D eigenvalue weighted by molar-refractivity contribution is -0.120. The molecule has 0 saturated carbocycles. The number of carbonyl (C=O) groups excluding carboxylic acids is 1. The first-order valence-corrected chi connectivity index (χ1v) is 11.6. The summed E-state index contributed by atoms with van der Waals surface area (Å²) >= 11 is 2.82. The fourth-order valence-electron chi connectivity index (χ4n) is 2.86. The van der Waals surface area contributed by atoms with E-state index >= 15 is 0 Å². The number of ketones is 1. The third kappa shape index (κ3) is 5.60. The van der Waals surface area contributed by atoms with Crippen LogP contribution < -0.4 is 14.8 Å². The number of benzene rings is 1. The Bertz CT molecular complexity index is 1280. The average molecular weight is 450 g/mol. The Hall–Kier alpha value is -2.95. The number of thioether (sulfide) groups is 1. The number of hydrogen-bond acceptors (Lipinski definition) is 6. The molecule has 0 aliphatic carbocycles. The number of hydrogen-bond donors (Lipinski definition) is 0. The summed E-state index contributed by atoms with van der Waals surface area (Å²) in [5.74, 6) is 0.376. The van der Waals surface area contributed by atoms with Crippen molar-refractivity contribution in [2.75, 3.05) is 5.75 Å². The summed E-state index contributed by atoms with van der Waals surface area (Å²) in [5.41, 5.74) is -0.0380. The first-order chi connectivity index (χ1) is 14.8. The number of nitriles is 1. The van der Waals surface area contributed by atoms with Crippen molar-refractivity contribution in [3.05, 3.63) is 80.0 Å². The van der Waals surface area contributed by atoms with E-state index < -0.39 is 5.41 Å². The van der Waals surface area contributed by atoms with Crippen molar-refractivity contribution in [3.63, 3.8) is 0 Å². The summed E-state index contributed by atoms with van der Waals surface area (Å²) in [6.45, 7) is 5.73. The van der Waals surface area contributed by atoms with Gasteiger partial charge in [-0.1, -0.05) is 39.0 Å². The average Bonchev–Trinajstić information content (AvgIpc) is 3.05. The zero-order valence-corrected chi connectivity index (χ0v) is 19.3. The second kappa shape index (κ2) is 9.90. The highest BCUT2D eigenvalue weighted by Crippen LogP contribution is 2.20. The third-order valence-electron chi connectivity index (χ3n) is 4.47. The number of Topliss-reactive ketones (excluding diaryl/α,β-unsaturated/α-hetero) is 1. The monoisotopic (exact) mass is 449 g/mol. The molecule has 7 heteroatoms. The van der Waals surface area contributed by atoms with Gasteiger partial charge < -0.3 is 0 Å². The number of nitrogens with zero attached hydrogens (tertiary/aromatic N) is 3. The fraction of sp³-hybridized carbons (Fsp3) is 0.250. The molecule has 2 heterocycles. The van der Waals surface area contributed by atoms with Crippen molar-refractivity contribution in [3.8, 4) is 6.07 Å². The largest absolute Gasteiger partial charge is 0.297 e. The van der Waals surface area contributed by atoms with E-state index in [1.165, 1.54) is 11.3 Å². The zero-order chi connectivity index (χ0) is 22.4. The Morgan fingerprint density at radius 3 is 2.48 bits per heavy atom. The maximum atomic E-state index is 13.2. The van der Waals surface area contributed by atoms with E-state index in [4.69, 9.17) is 0 Å². The predicted octanol–water partition coefficient (Wildman–Crippen LogP) is 3.22. The molecular weight excluding hydrogens is 426 g/mol. The molecule has 0 bridgehead atoms. The van der Waals surface area contributed by atoms with Crippen LogP contribution in [-0.4, -0.2) is 21.1 Å². The normalized spacial score (nSPS) is 13.0. The van der Waals surface area contributed by atoms with Gasteiger partial charge in [0.25, 0.3) is 5.56 Å². The van der Waals surface area contributed by atoms with Crippen LogP contribution in [0.5, 0.6) is 0 Å². The van der Waals surface area contributed by atoms with Crippen LogP contribution in [0, 0.1) is 16.7 Å². The van der Waals surface area contributed by atoms with Crippen molar-refractivity contribution in [1.29, 1.82) is 5.26 Å². The standard InChI is InChI=1S/C24H23N3O2S2/c1-24(2,3)21(28)19(16-25)23-27(13-14-30-18-7-5-4-6-8-18)22(29)20(31-23)15-17-9-11-26-12-10-17/h4-12,15H,13-14H2,1-3H3. The van der Waals surface area contributed by atoms with Gasteiger partial charge in [0.1, 0.15) is 16.3 Å². The van der Waals surface area contributed by atoms with E-state index in [0.29, 0.717) is 21.5 Å². The van der Waals surface area contributed by atoms with Crippen molar-refractivity contribution in [2.24, 2.45) is 5.41 Å². The van der Waals surface area contributed by atoms with Crippen LogP contribution in [0.2, 0.25) is 0 Å². The van der Waals surface area contributed by atoms with Crippen LogP contribution in [0.3, 0.4) is 0 Å². The van der Waals surface area contributed by atoms with Crippen LogP contribution in [0.25, 0.3) is 11.6 Å². The number of thiazole rings is 1. The second-order valence-corrected chi connectivity index (χ2v) is 10.1. The van der Waals surface area contributed by atoms with Gasteiger partial charge in [-0.05, 0) is 35.9 Å². The summed E-state index contributed by atoms with van der Waals surface area (Å²) in [4.78, 5) is 31.2. The lowest BCUT2D eigenvalue weighted by Gasteiger charge is -2.15. The lowest BCUT2D eigenvalue weighted by Crippen LogP contribution is -2.35. The summed E-state index contributed by atoms with van der Waals surface area (Å²) in [5, 5.41) is 9.79. The first kappa shape index (κ1) is 22.7. The van der Waals surface area contributed by atoms with E-state index in [2.05, 4.69) is 11.1 Å². The molecule has 5 nitrogen and oxygen atoms in total. The Balaban J connectivity index is 2.12. The van der Waals surface area contributed by atoms with Gasteiger partial charge in [-0.25, -0.2) is 0 Å². The molecule has 0 spiro atoms. The van der Waals surface area contributed by atoms with Gasteiger partial charge >= 0.3 is 0 Å². The van der Waals surface area contributed by atoms with E-state index in [1.807, 2.05) is 42.5 Å². The molecule has 0 unspecified atom stereocenters. The molecule has 0 aliphatic heterocycles. The number of pyridine rings is 1. The molecule has 31 heavy (non-hydrogen) atoms. The van der Waals surface area contributed by atoms with Crippen LogP contribution in [0.1, 0.15) is 26.3 Å². The topological polar surface area (TPSA) is 75.8 Å². The van der Waals surface area contributed by atoms with Crippen LogP contribution in [0.4, 0.5) is 0 Å². The quantitative estimate of drug-likeness (QED) is 0.540. The maximum absolute atomic E-state index is 13.2. The zero-order valence-electron chi connectivity index (χ0n) is 17.7. The van der Waals surface area contributed by atoms with Gasteiger partial charge in [0, 0.05) is 35.0 Å². The molecule has 3 rings (SSSR count). The van der Waals surface area contributed by atoms with Crippen LogP contribution >= 0.6 is 23.1 Å². The smallest absolute Gasteiger partial charge is 0.269 e. The van der Waals surface area contributed by atoms with Crippen molar-refractivity contribution in [1.82, 2.24) is 9.55 Å². The molecule has 3 aromatic rings. The Labute approximate surface area is 189 Å². The molecule has 0 radical (unpaired) electrons. The van der Waals surface area contributed by atoms with Gasteiger partial charge in [-0.2, -0.15) is 5.26 Å². The Morgan fingerprint density at radius 2 is 1.87 bits per heavy atom. The predicted molar refractivity (Wildman–Crippen MR) is 126 cm³/mol. The van der Waals surface area contributed by atoms with Gasteiger partial charge in [0.15, 0.2) is 5.78 Å². The summed E-state index contributed by atoms with van der Waals surface area (Å²) < 4.78 is 2.47. The molecule has 1 aromatic carbocycles. The molecule has 0 aliphatic rings. The Morgan fingerprint density at radius 1 is 1.19 bits per heavy atom. The minimum Gasteiger partial charge on any atom is -0.297 e. The van der Waals surface area contributed by atoms with Crippen molar-refractivity contribution in [2.45, 2.75) is 32.2 Å². The fourth-order valence-corrected chi connectivity index (χ4v) is 4.85. The Kier molecular flexibility index (Phi) is 7.26. The summed E-state index contributed by atoms with van der Waals surface area (Å²) in [7, 11) is 0. The number of carbonyl (C=O) groups is 1. The highest BCUT2D eigenvalue weighted by Gasteiger charge is 2.27. The highest BCUT2D eigenvalue weighted by molar-refractivity contribution is 7.99. The molecule has 2 aromatic heterocycles. The van der Waals surface area contributed by atoms with Gasteiger partial charge in [-0.3, -0.25) is 19.1 Å².